The quantitative estimate of drug-likeness (QED) is 0.865. The summed E-state index contributed by atoms with van der Waals surface area (Å²) in [5.74, 6) is 0.824. The van der Waals surface area contributed by atoms with Gasteiger partial charge in [0.1, 0.15) is 5.75 Å². The minimum atomic E-state index is 0.824. The zero-order valence-corrected chi connectivity index (χ0v) is 10.9. The number of ether oxygens (including phenoxy) is 1. The Morgan fingerprint density at radius 2 is 2.21 bits per heavy atom. The Bertz CT molecular complexity index is 658. The molecule has 0 atom stereocenters. The molecular weight excluding hydrogens is 238 g/mol. The third kappa shape index (κ3) is 2.01. The van der Waals surface area contributed by atoms with Crippen LogP contribution in [-0.2, 0) is 0 Å². The van der Waals surface area contributed by atoms with Gasteiger partial charge in [-0.15, -0.1) is 0 Å². The Labute approximate surface area is 111 Å². The molecule has 0 aliphatic carbocycles. The molecule has 0 saturated carbocycles. The zero-order valence-electron chi connectivity index (χ0n) is 10.9. The number of hydrogen-bond acceptors (Lipinski definition) is 2. The largest absolute Gasteiger partial charge is 0.494 e. The predicted octanol–water partition coefficient (Wildman–Crippen LogP) is 3.39. The number of rotatable bonds is 3. The van der Waals surface area contributed by atoms with Gasteiger partial charge in [-0.25, -0.2) is 0 Å². The van der Waals surface area contributed by atoms with Gasteiger partial charge >= 0.3 is 0 Å². The third-order valence-electron chi connectivity index (χ3n) is 3.20. The Hall–Kier alpha value is -2.49. The third-order valence-corrected chi connectivity index (χ3v) is 3.20. The molecule has 1 aliphatic heterocycles. The first-order valence-corrected chi connectivity index (χ1v) is 6.12. The number of nitrogens with zero attached hydrogens (tertiary/aromatic N) is 1. The Morgan fingerprint density at radius 3 is 2.84 bits per heavy atom. The number of hydrogen-bond donors (Lipinski definition) is 2. The van der Waals surface area contributed by atoms with Crippen LogP contribution >= 0.6 is 0 Å². The molecule has 96 valence electrons. The standard InChI is InChI=1S/C15H15N3O/c1-10(11-5-3-7-16-11)15-14(19-2)9-13(18-15)12-6-4-8-17-12/h3-9,17-18H,1-2H3. The summed E-state index contributed by atoms with van der Waals surface area (Å²) in [7, 11) is 1.68. The van der Waals surface area contributed by atoms with Crippen molar-refractivity contribution in [2.24, 2.45) is 4.99 Å². The average molecular weight is 253 g/mol. The molecule has 0 bridgehead atoms. The van der Waals surface area contributed by atoms with Crippen molar-refractivity contribution >= 4 is 11.8 Å². The maximum absolute atomic E-state index is 5.45. The van der Waals surface area contributed by atoms with Gasteiger partial charge < -0.3 is 14.7 Å². The van der Waals surface area contributed by atoms with E-state index in [0.29, 0.717) is 0 Å². The normalized spacial score (nSPS) is 16.1. The Morgan fingerprint density at radius 1 is 1.32 bits per heavy atom. The molecular formula is C15H15N3O. The monoisotopic (exact) mass is 253 g/mol. The van der Waals surface area contributed by atoms with Crippen molar-refractivity contribution in [2.45, 2.75) is 6.92 Å². The summed E-state index contributed by atoms with van der Waals surface area (Å²) in [4.78, 5) is 10.9. The second-order valence-electron chi connectivity index (χ2n) is 4.36. The summed E-state index contributed by atoms with van der Waals surface area (Å²) in [6.45, 7) is 2.04. The molecule has 2 aromatic rings. The molecule has 19 heavy (non-hydrogen) atoms. The lowest BCUT2D eigenvalue weighted by Crippen LogP contribution is -1.89. The van der Waals surface area contributed by atoms with E-state index in [1.165, 1.54) is 0 Å². The van der Waals surface area contributed by atoms with E-state index in [-0.39, 0.29) is 0 Å². The molecule has 2 N–H and O–H groups in total. The molecule has 0 fully saturated rings. The zero-order chi connectivity index (χ0) is 13.2. The molecule has 0 radical (unpaired) electrons. The SMILES string of the molecule is COc1cc(-c2ccc[nH]2)[nH]c1C(C)=C1C=CC=N1. The van der Waals surface area contributed by atoms with Crippen molar-refractivity contribution in [2.75, 3.05) is 7.11 Å². The second kappa shape index (κ2) is 4.65. The number of nitrogens with one attached hydrogen (secondary N) is 2. The lowest BCUT2D eigenvalue weighted by molar-refractivity contribution is 0.414. The van der Waals surface area contributed by atoms with E-state index < -0.39 is 0 Å². The van der Waals surface area contributed by atoms with Crippen LogP contribution in [0, 0.1) is 0 Å². The summed E-state index contributed by atoms with van der Waals surface area (Å²) in [6, 6.07) is 5.98. The molecule has 0 unspecified atom stereocenters. The van der Waals surface area contributed by atoms with Gasteiger partial charge in [0, 0.05) is 24.1 Å². The van der Waals surface area contributed by atoms with Crippen LogP contribution in [0.3, 0.4) is 0 Å². The van der Waals surface area contributed by atoms with E-state index in [9.17, 15) is 0 Å². The van der Waals surface area contributed by atoms with Crippen molar-refractivity contribution in [1.82, 2.24) is 9.97 Å². The fraction of sp³-hybridized carbons (Fsp3) is 0.133. The van der Waals surface area contributed by atoms with Crippen molar-refractivity contribution in [3.05, 3.63) is 47.9 Å². The molecule has 0 amide bonds. The predicted molar refractivity (Wildman–Crippen MR) is 77.4 cm³/mol. The maximum Gasteiger partial charge on any atom is 0.144 e. The highest BCUT2D eigenvalue weighted by atomic mass is 16.5. The summed E-state index contributed by atoms with van der Waals surface area (Å²) < 4.78 is 5.45. The van der Waals surface area contributed by atoms with E-state index in [1.807, 2.05) is 43.5 Å². The van der Waals surface area contributed by atoms with Gasteiger partial charge in [0.05, 0.1) is 29.9 Å². The van der Waals surface area contributed by atoms with Crippen molar-refractivity contribution < 1.29 is 4.74 Å². The topological polar surface area (TPSA) is 53.2 Å². The summed E-state index contributed by atoms with van der Waals surface area (Å²) in [6.07, 6.45) is 7.61. The van der Waals surface area contributed by atoms with Gasteiger partial charge in [-0.1, -0.05) is 0 Å². The minimum Gasteiger partial charge on any atom is -0.494 e. The molecule has 1 aliphatic rings. The molecule has 3 heterocycles. The molecule has 0 aromatic carbocycles. The van der Waals surface area contributed by atoms with Gasteiger partial charge in [0.2, 0.25) is 0 Å². The van der Waals surface area contributed by atoms with Crippen LogP contribution in [0.1, 0.15) is 12.6 Å². The number of methoxy groups -OCH3 is 1. The van der Waals surface area contributed by atoms with Crippen LogP contribution in [0.15, 0.2) is 47.2 Å². The van der Waals surface area contributed by atoms with Gasteiger partial charge in [0.25, 0.3) is 0 Å². The van der Waals surface area contributed by atoms with Crippen molar-refractivity contribution in [1.29, 1.82) is 0 Å². The Balaban J connectivity index is 2.09. The molecule has 0 spiro atoms. The van der Waals surface area contributed by atoms with E-state index in [1.54, 1.807) is 13.3 Å². The van der Waals surface area contributed by atoms with Crippen LogP contribution in [0.4, 0.5) is 0 Å². The molecule has 0 saturated heterocycles. The van der Waals surface area contributed by atoms with Gasteiger partial charge in [-0.3, -0.25) is 4.99 Å². The number of aromatic amines is 2. The van der Waals surface area contributed by atoms with Gasteiger partial charge in [-0.2, -0.15) is 0 Å². The van der Waals surface area contributed by atoms with Crippen LogP contribution in [0.2, 0.25) is 0 Å². The van der Waals surface area contributed by atoms with Crippen LogP contribution in [0.5, 0.6) is 5.75 Å². The van der Waals surface area contributed by atoms with Crippen molar-refractivity contribution in [3.8, 4) is 17.1 Å². The fourth-order valence-corrected chi connectivity index (χ4v) is 2.17. The highest BCUT2D eigenvalue weighted by Gasteiger charge is 2.14. The number of H-pyrrole nitrogens is 2. The minimum absolute atomic E-state index is 0.824. The first-order chi connectivity index (χ1) is 9.29. The van der Waals surface area contributed by atoms with Crippen LogP contribution < -0.4 is 4.74 Å². The highest BCUT2D eigenvalue weighted by Crippen LogP contribution is 2.33. The molecule has 2 aromatic heterocycles. The second-order valence-corrected chi connectivity index (χ2v) is 4.36. The maximum atomic E-state index is 5.45. The first kappa shape index (κ1) is 11.6. The van der Waals surface area contributed by atoms with Crippen molar-refractivity contribution in [3.63, 3.8) is 0 Å². The summed E-state index contributed by atoms with van der Waals surface area (Å²) in [5.41, 5.74) is 5.03. The van der Waals surface area contributed by atoms with Gasteiger partial charge in [-0.05, 0) is 31.2 Å². The lowest BCUT2D eigenvalue weighted by Gasteiger charge is -2.04. The fourth-order valence-electron chi connectivity index (χ4n) is 2.17. The summed E-state index contributed by atoms with van der Waals surface area (Å²) in [5, 5.41) is 0. The smallest absolute Gasteiger partial charge is 0.144 e. The highest BCUT2D eigenvalue weighted by molar-refractivity contribution is 5.83. The van der Waals surface area contributed by atoms with Gasteiger partial charge in [0.15, 0.2) is 0 Å². The van der Waals surface area contributed by atoms with E-state index in [2.05, 4.69) is 15.0 Å². The first-order valence-electron chi connectivity index (χ1n) is 6.12. The Kier molecular flexibility index (Phi) is 2.83. The van der Waals surface area contributed by atoms with Crippen LogP contribution in [-0.4, -0.2) is 23.3 Å². The summed E-state index contributed by atoms with van der Waals surface area (Å²) >= 11 is 0. The van der Waals surface area contributed by atoms with E-state index >= 15 is 0 Å². The average Bonchev–Trinajstić information content (AvgIpc) is 3.16. The van der Waals surface area contributed by atoms with E-state index in [4.69, 9.17) is 4.74 Å². The van der Waals surface area contributed by atoms with E-state index in [0.717, 1.165) is 34.1 Å². The lowest BCUT2D eigenvalue weighted by atomic mass is 10.1. The number of aliphatic imine (C=N–C) groups is 1. The van der Waals surface area contributed by atoms with Crippen LogP contribution in [0.25, 0.3) is 17.0 Å². The molecule has 4 nitrogen and oxygen atoms in total. The molecule has 3 rings (SSSR count). The number of allylic oxidation sites excluding steroid dienone is 3. The number of aromatic nitrogens is 2. The molecule has 4 heteroatoms.